The normalized spacial score (nSPS) is 13.1. The van der Waals surface area contributed by atoms with Gasteiger partial charge in [-0.05, 0) is 17.7 Å². The highest BCUT2D eigenvalue weighted by Gasteiger charge is 2.77. The van der Waals surface area contributed by atoms with E-state index in [1.807, 2.05) is 0 Å². The van der Waals surface area contributed by atoms with Gasteiger partial charge in [0.05, 0.1) is 0 Å². The Morgan fingerprint density at radius 3 is 1.95 bits per heavy atom. The van der Waals surface area contributed by atoms with Crippen molar-refractivity contribution in [3.63, 3.8) is 0 Å². The maximum atomic E-state index is 12.9. The van der Waals surface area contributed by atoms with E-state index in [0.29, 0.717) is 12.1 Å². The third-order valence-electron chi connectivity index (χ3n) is 2.36. The molecule has 0 bridgehead atoms. The Bertz CT molecular complexity index is 565. The zero-order valence-electron chi connectivity index (χ0n) is 10.2. The summed E-state index contributed by atoms with van der Waals surface area (Å²) in [6.07, 6.45) is -6.68. The predicted molar refractivity (Wildman–Crippen MR) is 52.1 cm³/mol. The molecule has 0 aromatic heterocycles. The first-order chi connectivity index (χ1) is 9.80. The second kappa shape index (κ2) is 5.69. The molecule has 1 aromatic rings. The Balaban J connectivity index is 2.85. The summed E-state index contributed by atoms with van der Waals surface area (Å²) in [5.74, 6) is -18.8. The average molecular weight is 340 g/mol. The quantitative estimate of drug-likeness (QED) is 0.615. The molecule has 0 radical (unpaired) electrons. The second-order valence-electron chi connectivity index (χ2n) is 3.97. The molecule has 22 heavy (non-hydrogen) atoms. The molecule has 1 rings (SSSR count). The van der Waals surface area contributed by atoms with Crippen LogP contribution in [0.5, 0.6) is 0 Å². The zero-order valence-corrected chi connectivity index (χ0v) is 10.2. The second-order valence-corrected chi connectivity index (χ2v) is 3.97. The minimum absolute atomic E-state index is 0.392. The smallest absolute Gasteiger partial charge is 0.456 e. The summed E-state index contributed by atoms with van der Waals surface area (Å²) in [6, 6.07) is 1.66. The van der Waals surface area contributed by atoms with E-state index in [1.54, 1.807) is 0 Å². The number of carbonyl (C=O) groups is 1. The van der Waals surface area contributed by atoms with E-state index in [4.69, 9.17) is 0 Å². The molecular weight excluding hydrogens is 335 g/mol. The van der Waals surface area contributed by atoms with Crippen LogP contribution in [-0.4, -0.2) is 24.0 Å². The van der Waals surface area contributed by atoms with E-state index in [0.717, 1.165) is 6.07 Å². The van der Waals surface area contributed by atoms with Crippen molar-refractivity contribution in [3.05, 3.63) is 35.4 Å². The van der Waals surface area contributed by atoms with Crippen molar-refractivity contribution in [2.45, 2.75) is 24.6 Å². The van der Waals surface area contributed by atoms with Gasteiger partial charge in [-0.2, -0.15) is 30.7 Å². The van der Waals surface area contributed by atoms with Crippen molar-refractivity contribution < 1.29 is 49.0 Å². The molecule has 1 aromatic carbocycles. The third-order valence-corrected chi connectivity index (χ3v) is 2.36. The van der Waals surface area contributed by atoms with Gasteiger partial charge < -0.3 is 4.74 Å². The topological polar surface area (TPSA) is 26.3 Å². The van der Waals surface area contributed by atoms with Crippen molar-refractivity contribution in [1.82, 2.24) is 0 Å². The number of rotatable bonds is 4. The van der Waals surface area contributed by atoms with Crippen LogP contribution in [0.1, 0.15) is 5.56 Å². The number of hydrogen-bond donors (Lipinski definition) is 0. The highest BCUT2D eigenvalue weighted by Crippen LogP contribution is 2.47. The lowest BCUT2D eigenvalue weighted by Crippen LogP contribution is -2.56. The van der Waals surface area contributed by atoms with Gasteiger partial charge in [-0.25, -0.2) is 13.6 Å². The summed E-state index contributed by atoms with van der Waals surface area (Å²) in [5, 5.41) is 0. The van der Waals surface area contributed by atoms with Gasteiger partial charge >= 0.3 is 24.0 Å². The van der Waals surface area contributed by atoms with E-state index in [1.165, 1.54) is 0 Å². The summed E-state index contributed by atoms with van der Waals surface area (Å²) in [4.78, 5) is 10.8. The molecule has 124 valence electrons. The molecule has 0 aliphatic rings. The number of esters is 1. The molecule has 0 saturated heterocycles. The van der Waals surface area contributed by atoms with Crippen LogP contribution in [0.3, 0.4) is 0 Å². The molecule has 0 N–H and O–H groups in total. The molecule has 0 amide bonds. The molecule has 0 heterocycles. The Morgan fingerprint density at radius 2 is 1.50 bits per heavy atom. The van der Waals surface area contributed by atoms with Gasteiger partial charge in [0, 0.05) is 0 Å². The van der Waals surface area contributed by atoms with Gasteiger partial charge in [0.15, 0.2) is 11.6 Å². The van der Waals surface area contributed by atoms with Crippen LogP contribution in [0.15, 0.2) is 18.2 Å². The van der Waals surface area contributed by atoms with Crippen molar-refractivity contribution in [3.8, 4) is 0 Å². The maximum absolute atomic E-state index is 12.9. The van der Waals surface area contributed by atoms with Gasteiger partial charge in [-0.3, -0.25) is 0 Å². The molecule has 0 aliphatic carbocycles. The molecule has 0 spiro atoms. The Kier molecular flexibility index (Phi) is 4.68. The Hall–Kier alpha value is -1.94. The van der Waals surface area contributed by atoms with Crippen LogP contribution in [0.4, 0.5) is 39.5 Å². The van der Waals surface area contributed by atoms with Crippen LogP contribution in [0, 0.1) is 11.6 Å². The van der Waals surface area contributed by atoms with Gasteiger partial charge in [-0.15, -0.1) is 0 Å². The number of benzene rings is 1. The molecule has 0 aliphatic heterocycles. The van der Waals surface area contributed by atoms with E-state index >= 15 is 0 Å². The van der Waals surface area contributed by atoms with Gasteiger partial charge in [0.25, 0.3) is 0 Å². The van der Waals surface area contributed by atoms with Crippen molar-refractivity contribution in [2.75, 3.05) is 0 Å². The molecule has 11 heteroatoms. The molecule has 0 fully saturated rings. The standard InChI is InChI=1S/C11H5F9O2/c12-6-2-1-5(3-7(6)13)4-22-8(21)9(14,15)10(16,17)11(18,19)20/h1-3H,4H2. The van der Waals surface area contributed by atoms with Crippen molar-refractivity contribution >= 4 is 5.97 Å². The fourth-order valence-electron chi connectivity index (χ4n) is 1.18. The minimum atomic E-state index is -6.68. The predicted octanol–water partition coefficient (Wildman–Crippen LogP) is 3.84. The molecule has 0 atom stereocenters. The summed E-state index contributed by atoms with van der Waals surface area (Å²) in [6.45, 7) is -1.25. The van der Waals surface area contributed by atoms with Gasteiger partial charge in [0.2, 0.25) is 0 Å². The lowest BCUT2D eigenvalue weighted by molar-refractivity contribution is -0.348. The van der Waals surface area contributed by atoms with Crippen molar-refractivity contribution in [2.24, 2.45) is 0 Å². The average Bonchev–Trinajstić information content (AvgIpc) is 2.38. The number of ether oxygens (including phenoxy) is 1. The first-order valence-corrected chi connectivity index (χ1v) is 5.24. The van der Waals surface area contributed by atoms with Crippen LogP contribution < -0.4 is 0 Å². The molecule has 2 nitrogen and oxygen atoms in total. The summed E-state index contributed by atoms with van der Waals surface area (Å²) in [5.41, 5.74) is -0.432. The fraction of sp³-hybridized carbons (Fsp3) is 0.364. The van der Waals surface area contributed by atoms with Crippen molar-refractivity contribution in [1.29, 1.82) is 0 Å². The minimum Gasteiger partial charge on any atom is -0.456 e. The van der Waals surface area contributed by atoms with E-state index in [2.05, 4.69) is 4.74 Å². The van der Waals surface area contributed by atoms with E-state index < -0.39 is 47.8 Å². The zero-order chi connectivity index (χ0) is 17.3. The molecular formula is C11H5F9O2. The van der Waals surface area contributed by atoms with Crippen LogP contribution >= 0.6 is 0 Å². The van der Waals surface area contributed by atoms with Crippen LogP contribution in [0.25, 0.3) is 0 Å². The van der Waals surface area contributed by atoms with Gasteiger partial charge in [-0.1, -0.05) is 6.07 Å². The largest absolute Gasteiger partial charge is 0.460 e. The first kappa shape index (κ1) is 18.1. The van der Waals surface area contributed by atoms with Crippen LogP contribution in [-0.2, 0) is 16.1 Å². The number of hydrogen-bond acceptors (Lipinski definition) is 2. The number of alkyl halides is 7. The molecule has 0 unspecified atom stereocenters. The van der Waals surface area contributed by atoms with Crippen LogP contribution in [0.2, 0.25) is 0 Å². The highest BCUT2D eigenvalue weighted by molar-refractivity contribution is 5.79. The summed E-state index contributed by atoms with van der Waals surface area (Å²) in [7, 11) is 0. The monoisotopic (exact) mass is 340 g/mol. The third kappa shape index (κ3) is 3.28. The SMILES string of the molecule is O=C(OCc1ccc(F)c(F)c1)C(F)(F)C(F)(F)C(F)(F)F. The Labute approximate surface area is 116 Å². The summed E-state index contributed by atoms with van der Waals surface area (Å²) < 4.78 is 115. The lowest BCUT2D eigenvalue weighted by atomic mass is 10.1. The highest BCUT2D eigenvalue weighted by atomic mass is 19.4. The number of carbonyl (C=O) groups excluding carboxylic acids is 1. The summed E-state index contributed by atoms with van der Waals surface area (Å²) >= 11 is 0. The maximum Gasteiger partial charge on any atom is 0.460 e. The lowest BCUT2D eigenvalue weighted by Gasteiger charge is -2.26. The fourth-order valence-corrected chi connectivity index (χ4v) is 1.18. The van der Waals surface area contributed by atoms with E-state index in [-0.39, 0.29) is 0 Å². The van der Waals surface area contributed by atoms with E-state index in [9.17, 15) is 44.3 Å². The van der Waals surface area contributed by atoms with Gasteiger partial charge in [0.1, 0.15) is 6.61 Å². The molecule has 0 saturated carbocycles. The first-order valence-electron chi connectivity index (χ1n) is 5.24. The Morgan fingerprint density at radius 1 is 0.955 bits per heavy atom. The number of halogens is 9.